The molecule has 0 bridgehead atoms. The summed E-state index contributed by atoms with van der Waals surface area (Å²) in [6.07, 6.45) is 0. The molecule has 0 unspecified atom stereocenters. The van der Waals surface area contributed by atoms with Gasteiger partial charge in [-0.1, -0.05) is 41.5 Å². The molecule has 0 aliphatic carbocycles. The van der Waals surface area contributed by atoms with Crippen LogP contribution in [-0.2, 0) is 10.8 Å². The summed E-state index contributed by atoms with van der Waals surface area (Å²) in [6, 6.07) is 1.86. The third-order valence-electron chi connectivity index (χ3n) is 2.88. The molecule has 0 saturated carbocycles. The van der Waals surface area contributed by atoms with E-state index in [4.69, 9.17) is 5.73 Å². The average molecular weight is 253 g/mol. The Morgan fingerprint density at radius 3 is 1.88 bits per heavy atom. The minimum absolute atomic E-state index is 0.130. The number of benzene rings is 1. The van der Waals surface area contributed by atoms with E-state index < -0.39 is 0 Å². The van der Waals surface area contributed by atoms with Gasteiger partial charge in [0.15, 0.2) is 0 Å². The molecule has 0 radical (unpaired) electrons. The highest BCUT2D eigenvalue weighted by Gasteiger charge is 2.28. The van der Waals surface area contributed by atoms with Crippen LogP contribution in [0.2, 0.25) is 0 Å². The zero-order valence-electron chi connectivity index (χ0n) is 11.5. The van der Waals surface area contributed by atoms with Gasteiger partial charge in [-0.05, 0) is 16.9 Å². The van der Waals surface area contributed by atoms with Gasteiger partial charge in [0.2, 0.25) is 0 Å². The summed E-state index contributed by atoms with van der Waals surface area (Å²) in [5.41, 5.74) is 7.97. The predicted molar refractivity (Wildman–Crippen MR) is 77.2 cm³/mol. The van der Waals surface area contributed by atoms with Gasteiger partial charge in [0.05, 0.1) is 5.69 Å². The van der Waals surface area contributed by atoms with Crippen molar-refractivity contribution in [2.45, 2.75) is 57.3 Å². The monoisotopic (exact) mass is 253 g/mol. The second-order valence-corrected chi connectivity index (χ2v) is 7.06. The molecule has 0 atom stereocenters. The minimum Gasteiger partial charge on any atom is -0.507 e. The van der Waals surface area contributed by atoms with E-state index in [1.54, 1.807) is 0 Å². The molecule has 0 fully saturated rings. The molecule has 0 saturated heterocycles. The van der Waals surface area contributed by atoms with Crippen molar-refractivity contribution in [3.8, 4) is 5.75 Å². The molecule has 0 aromatic heterocycles. The summed E-state index contributed by atoms with van der Waals surface area (Å²) in [6.45, 7) is 12.3. The molecule has 3 N–H and O–H groups in total. The molecule has 2 nitrogen and oxygen atoms in total. The molecular formula is C14H23NOS. The summed E-state index contributed by atoms with van der Waals surface area (Å²) in [5, 5.41) is 10.5. The zero-order chi connectivity index (χ0) is 13.6. The van der Waals surface area contributed by atoms with Crippen molar-refractivity contribution in [1.82, 2.24) is 0 Å². The Morgan fingerprint density at radius 1 is 1.06 bits per heavy atom. The summed E-state index contributed by atoms with van der Waals surface area (Å²) >= 11 is 4.41. The number of thiol groups is 1. The van der Waals surface area contributed by atoms with Crippen LogP contribution in [0.25, 0.3) is 0 Å². The van der Waals surface area contributed by atoms with Crippen LogP contribution in [0.4, 0.5) is 5.69 Å². The molecule has 0 aliphatic rings. The topological polar surface area (TPSA) is 46.2 Å². The molecule has 1 aromatic rings. The molecule has 3 heteroatoms. The number of phenols is 1. The standard InChI is InChI=1S/C14H23NOS/c1-13(2,3)8-7-9(17)11(15)10(12(8)16)14(4,5)6/h7,16-17H,15H2,1-6H3. The number of anilines is 1. The number of hydrogen-bond acceptors (Lipinski definition) is 3. The Labute approximate surface area is 110 Å². The number of nitrogen functional groups attached to an aromatic ring is 1. The maximum absolute atomic E-state index is 10.5. The molecule has 0 aliphatic heterocycles. The second-order valence-electron chi connectivity index (χ2n) is 6.58. The highest BCUT2D eigenvalue weighted by atomic mass is 32.1. The van der Waals surface area contributed by atoms with Gasteiger partial charge in [-0.2, -0.15) is 0 Å². The first kappa shape index (κ1) is 14.2. The van der Waals surface area contributed by atoms with Crippen LogP contribution >= 0.6 is 12.6 Å². The molecular weight excluding hydrogens is 230 g/mol. The number of nitrogens with two attached hydrogens (primary N) is 1. The van der Waals surface area contributed by atoms with Gasteiger partial charge < -0.3 is 10.8 Å². The van der Waals surface area contributed by atoms with Crippen LogP contribution < -0.4 is 5.73 Å². The van der Waals surface area contributed by atoms with Gasteiger partial charge >= 0.3 is 0 Å². The molecule has 96 valence electrons. The first-order valence-electron chi connectivity index (χ1n) is 5.81. The van der Waals surface area contributed by atoms with E-state index in [2.05, 4.69) is 33.4 Å². The lowest BCUT2D eigenvalue weighted by Crippen LogP contribution is -2.19. The SMILES string of the molecule is CC(C)(C)c1cc(S)c(N)c(C(C)(C)C)c1O. The Kier molecular flexibility index (Phi) is 3.45. The van der Waals surface area contributed by atoms with Crippen LogP contribution in [0, 0.1) is 0 Å². The highest BCUT2D eigenvalue weighted by molar-refractivity contribution is 7.80. The van der Waals surface area contributed by atoms with Crippen molar-refractivity contribution in [2.75, 3.05) is 5.73 Å². The van der Waals surface area contributed by atoms with E-state index in [0.717, 1.165) is 16.0 Å². The summed E-state index contributed by atoms with van der Waals surface area (Å²) < 4.78 is 0. The van der Waals surface area contributed by atoms with Crippen molar-refractivity contribution < 1.29 is 5.11 Å². The smallest absolute Gasteiger partial charge is 0.125 e. The van der Waals surface area contributed by atoms with Crippen LogP contribution in [0.15, 0.2) is 11.0 Å². The number of phenolic OH excluding ortho intramolecular Hbond substituents is 1. The Hall–Kier alpha value is -0.830. The fourth-order valence-corrected chi connectivity index (χ4v) is 2.24. The largest absolute Gasteiger partial charge is 0.507 e. The second kappa shape index (κ2) is 4.13. The predicted octanol–water partition coefficient (Wildman–Crippen LogP) is 3.86. The van der Waals surface area contributed by atoms with Crippen LogP contribution in [0.1, 0.15) is 52.7 Å². The van der Waals surface area contributed by atoms with E-state index >= 15 is 0 Å². The lowest BCUT2D eigenvalue weighted by molar-refractivity contribution is 0.423. The lowest BCUT2D eigenvalue weighted by Gasteiger charge is -2.29. The van der Waals surface area contributed by atoms with E-state index in [-0.39, 0.29) is 10.8 Å². The van der Waals surface area contributed by atoms with Crippen molar-refractivity contribution >= 4 is 18.3 Å². The van der Waals surface area contributed by atoms with Gasteiger partial charge in [-0.25, -0.2) is 0 Å². The highest BCUT2D eigenvalue weighted by Crippen LogP contribution is 2.44. The Balaban J connectivity index is 3.67. The third kappa shape index (κ3) is 2.71. The van der Waals surface area contributed by atoms with Crippen LogP contribution in [0.5, 0.6) is 5.75 Å². The average Bonchev–Trinajstić information content (AvgIpc) is 2.07. The van der Waals surface area contributed by atoms with Crippen LogP contribution in [-0.4, -0.2) is 5.11 Å². The summed E-state index contributed by atoms with van der Waals surface area (Å²) in [4.78, 5) is 0.734. The Bertz CT molecular complexity index is 439. The number of rotatable bonds is 0. The molecule has 17 heavy (non-hydrogen) atoms. The van der Waals surface area contributed by atoms with Gasteiger partial charge in [-0.3, -0.25) is 0 Å². The van der Waals surface area contributed by atoms with Crippen molar-refractivity contribution in [2.24, 2.45) is 0 Å². The molecule has 1 aromatic carbocycles. The van der Waals surface area contributed by atoms with Crippen molar-refractivity contribution in [3.63, 3.8) is 0 Å². The quantitative estimate of drug-likeness (QED) is 0.485. The van der Waals surface area contributed by atoms with E-state index in [1.165, 1.54) is 0 Å². The maximum Gasteiger partial charge on any atom is 0.125 e. The number of aromatic hydroxyl groups is 1. The molecule has 0 amide bonds. The van der Waals surface area contributed by atoms with E-state index in [1.807, 2.05) is 26.8 Å². The fourth-order valence-electron chi connectivity index (χ4n) is 2.00. The molecule has 1 rings (SSSR count). The van der Waals surface area contributed by atoms with Gasteiger partial charge in [-0.15, -0.1) is 12.6 Å². The molecule has 0 spiro atoms. The first-order valence-corrected chi connectivity index (χ1v) is 6.26. The van der Waals surface area contributed by atoms with Gasteiger partial charge in [0.1, 0.15) is 5.75 Å². The number of hydrogen-bond donors (Lipinski definition) is 3. The van der Waals surface area contributed by atoms with Gasteiger partial charge in [0.25, 0.3) is 0 Å². The van der Waals surface area contributed by atoms with Crippen LogP contribution in [0.3, 0.4) is 0 Å². The maximum atomic E-state index is 10.5. The first-order chi connectivity index (χ1) is 7.46. The lowest BCUT2D eigenvalue weighted by atomic mass is 9.78. The van der Waals surface area contributed by atoms with Gasteiger partial charge in [0, 0.05) is 16.0 Å². The summed E-state index contributed by atoms with van der Waals surface area (Å²) in [5.74, 6) is 0.306. The van der Waals surface area contributed by atoms with E-state index in [0.29, 0.717) is 11.4 Å². The Morgan fingerprint density at radius 2 is 1.53 bits per heavy atom. The zero-order valence-corrected chi connectivity index (χ0v) is 12.4. The fraction of sp³-hybridized carbons (Fsp3) is 0.571. The van der Waals surface area contributed by atoms with Crippen molar-refractivity contribution in [1.29, 1.82) is 0 Å². The normalized spacial score (nSPS) is 12.9. The van der Waals surface area contributed by atoms with E-state index in [9.17, 15) is 5.11 Å². The third-order valence-corrected chi connectivity index (χ3v) is 3.25. The minimum atomic E-state index is -0.201. The summed E-state index contributed by atoms with van der Waals surface area (Å²) in [7, 11) is 0. The molecule has 0 heterocycles. The van der Waals surface area contributed by atoms with Crippen molar-refractivity contribution in [3.05, 3.63) is 17.2 Å².